The highest BCUT2D eigenvalue weighted by atomic mass is 32.2. The number of aliphatic hydroxyl groups excluding tert-OH is 1. The van der Waals surface area contributed by atoms with Crippen LogP contribution in [0.2, 0.25) is 0 Å². The molecule has 100 valence electrons. The Balaban J connectivity index is 2.20. The number of hydrogen-bond donors (Lipinski definition) is 2. The van der Waals surface area contributed by atoms with Crippen LogP contribution in [0, 0.1) is 0 Å². The molecular formula is C9H13N3O5S. The highest BCUT2D eigenvalue weighted by Crippen LogP contribution is 2.20. The van der Waals surface area contributed by atoms with Crippen molar-refractivity contribution >= 4 is 16.0 Å². The van der Waals surface area contributed by atoms with Crippen LogP contribution in [-0.2, 0) is 21.4 Å². The van der Waals surface area contributed by atoms with Crippen molar-refractivity contribution in [1.29, 1.82) is 0 Å². The molecule has 0 radical (unpaired) electrons. The van der Waals surface area contributed by atoms with E-state index < -0.39 is 28.6 Å². The minimum absolute atomic E-state index is 0.0575. The maximum absolute atomic E-state index is 12.1. The van der Waals surface area contributed by atoms with Gasteiger partial charge in [0, 0.05) is 19.3 Å². The first kappa shape index (κ1) is 13.0. The van der Waals surface area contributed by atoms with E-state index in [4.69, 9.17) is 5.11 Å². The molecule has 8 nitrogen and oxygen atoms in total. The number of aromatic nitrogens is 2. The third kappa shape index (κ3) is 2.52. The maximum Gasteiger partial charge on any atom is 0.325 e. The van der Waals surface area contributed by atoms with Crippen molar-refractivity contribution in [3.63, 3.8) is 0 Å². The fourth-order valence-corrected chi connectivity index (χ4v) is 3.23. The first-order valence-corrected chi connectivity index (χ1v) is 6.76. The molecule has 1 aromatic heterocycles. The Kier molecular flexibility index (Phi) is 3.37. The predicted octanol–water partition coefficient (Wildman–Crippen LogP) is -1.28. The molecule has 1 saturated heterocycles. The lowest BCUT2D eigenvalue weighted by Gasteiger charge is -2.13. The van der Waals surface area contributed by atoms with Crippen LogP contribution in [0.4, 0.5) is 0 Å². The maximum atomic E-state index is 12.1. The lowest BCUT2D eigenvalue weighted by molar-refractivity contribution is -0.137. The van der Waals surface area contributed by atoms with Gasteiger partial charge in [-0.05, 0) is 6.42 Å². The standard InChI is InChI=1S/C9H13N3O5S/c13-7-1-2-12(4-7)18(16,17)8-3-10-11(5-8)6-9(14)15/h3,5,7,13H,1-2,4,6H2,(H,14,15)/t7-/m0/s1. The molecule has 1 atom stereocenters. The van der Waals surface area contributed by atoms with Crippen molar-refractivity contribution in [3.05, 3.63) is 12.4 Å². The molecule has 9 heteroatoms. The number of hydrogen-bond acceptors (Lipinski definition) is 5. The highest BCUT2D eigenvalue weighted by Gasteiger charge is 2.32. The van der Waals surface area contributed by atoms with E-state index in [0.717, 1.165) is 10.9 Å². The van der Waals surface area contributed by atoms with Gasteiger partial charge in [-0.2, -0.15) is 9.40 Å². The summed E-state index contributed by atoms with van der Waals surface area (Å²) < 4.78 is 26.4. The predicted molar refractivity (Wildman–Crippen MR) is 59.2 cm³/mol. The van der Waals surface area contributed by atoms with E-state index in [1.165, 1.54) is 10.5 Å². The summed E-state index contributed by atoms with van der Waals surface area (Å²) in [6.07, 6.45) is 2.05. The molecule has 2 N–H and O–H groups in total. The molecule has 1 aliphatic heterocycles. The van der Waals surface area contributed by atoms with Crippen LogP contribution in [0.25, 0.3) is 0 Å². The molecular weight excluding hydrogens is 262 g/mol. The van der Waals surface area contributed by atoms with Crippen molar-refractivity contribution < 1.29 is 23.4 Å². The van der Waals surface area contributed by atoms with Gasteiger partial charge in [0.05, 0.1) is 12.3 Å². The fourth-order valence-electron chi connectivity index (χ4n) is 1.78. The summed E-state index contributed by atoms with van der Waals surface area (Å²) in [6.45, 7) is -0.0712. The Hall–Kier alpha value is -1.45. The van der Waals surface area contributed by atoms with Gasteiger partial charge in [0.15, 0.2) is 0 Å². The molecule has 2 heterocycles. The van der Waals surface area contributed by atoms with Crippen LogP contribution in [0.1, 0.15) is 6.42 Å². The first-order chi connectivity index (χ1) is 8.39. The summed E-state index contributed by atoms with van der Waals surface area (Å²) in [6, 6.07) is 0. The van der Waals surface area contributed by atoms with E-state index in [1.807, 2.05) is 0 Å². The van der Waals surface area contributed by atoms with Crippen LogP contribution in [-0.4, -0.2) is 57.9 Å². The van der Waals surface area contributed by atoms with Gasteiger partial charge in [0.2, 0.25) is 10.0 Å². The SMILES string of the molecule is O=C(O)Cn1cc(S(=O)(=O)N2CC[C@H](O)C2)cn1. The van der Waals surface area contributed by atoms with Crippen molar-refractivity contribution in [2.24, 2.45) is 0 Å². The zero-order valence-corrected chi connectivity index (χ0v) is 10.2. The second kappa shape index (κ2) is 4.67. The van der Waals surface area contributed by atoms with Gasteiger partial charge in [-0.15, -0.1) is 0 Å². The Morgan fingerprint density at radius 1 is 1.56 bits per heavy atom. The number of β-amino-alcohol motifs (C(OH)–C–C–N with tert-alkyl or cyclic N) is 1. The van der Waals surface area contributed by atoms with Gasteiger partial charge in [-0.1, -0.05) is 0 Å². The molecule has 1 fully saturated rings. The molecule has 0 spiro atoms. The second-order valence-corrected chi connectivity index (χ2v) is 6.01. The van der Waals surface area contributed by atoms with E-state index in [9.17, 15) is 18.3 Å². The van der Waals surface area contributed by atoms with Crippen LogP contribution < -0.4 is 0 Å². The first-order valence-electron chi connectivity index (χ1n) is 5.32. The molecule has 1 aliphatic rings. The summed E-state index contributed by atoms with van der Waals surface area (Å²) in [5, 5.41) is 21.6. The third-order valence-electron chi connectivity index (χ3n) is 2.67. The quantitative estimate of drug-likeness (QED) is 0.708. The molecule has 0 bridgehead atoms. The number of nitrogens with zero attached hydrogens (tertiary/aromatic N) is 3. The van der Waals surface area contributed by atoms with Gasteiger partial charge >= 0.3 is 5.97 Å². The lowest BCUT2D eigenvalue weighted by atomic mass is 10.3. The Bertz CT molecular complexity index is 552. The van der Waals surface area contributed by atoms with Crippen molar-refractivity contribution in [2.45, 2.75) is 24.0 Å². The number of sulfonamides is 1. The molecule has 2 rings (SSSR count). The average molecular weight is 275 g/mol. The van der Waals surface area contributed by atoms with Gasteiger partial charge in [0.1, 0.15) is 11.4 Å². The molecule has 0 aromatic carbocycles. The van der Waals surface area contributed by atoms with Crippen molar-refractivity contribution in [3.8, 4) is 0 Å². The summed E-state index contributed by atoms with van der Waals surface area (Å²) in [5.41, 5.74) is 0. The van der Waals surface area contributed by atoms with E-state index >= 15 is 0 Å². The number of carbonyl (C=O) groups is 1. The van der Waals surface area contributed by atoms with Crippen molar-refractivity contribution in [2.75, 3.05) is 13.1 Å². The normalized spacial score (nSPS) is 21.3. The van der Waals surface area contributed by atoms with Crippen LogP contribution in [0.5, 0.6) is 0 Å². The van der Waals surface area contributed by atoms with E-state index in [1.54, 1.807) is 0 Å². The van der Waals surface area contributed by atoms with Crippen LogP contribution >= 0.6 is 0 Å². The van der Waals surface area contributed by atoms with Crippen LogP contribution in [0.15, 0.2) is 17.3 Å². The second-order valence-electron chi connectivity index (χ2n) is 4.07. The lowest BCUT2D eigenvalue weighted by Crippen LogP contribution is -2.29. The molecule has 0 saturated carbocycles. The monoisotopic (exact) mass is 275 g/mol. The molecule has 1 aromatic rings. The van der Waals surface area contributed by atoms with Gasteiger partial charge < -0.3 is 10.2 Å². The largest absolute Gasteiger partial charge is 0.480 e. The highest BCUT2D eigenvalue weighted by molar-refractivity contribution is 7.89. The Morgan fingerprint density at radius 3 is 2.83 bits per heavy atom. The molecule has 0 aliphatic carbocycles. The topological polar surface area (TPSA) is 113 Å². The summed E-state index contributed by atoms with van der Waals surface area (Å²) in [7, 11) is -3.69. The fraction of sp³-hybridized carbons (Fsp3) is 0.556. The zero-order chi connectivity index (χ0) is 13.3. The van der Waals surface area contributed by atoms with Crippen LogP contribution in [0.3, 0.4) is 0 Å². The zero-order valence-electron chi connectivity index (χ0n) is 9.43. The summed E-state index contributed by atoms with van der Waals surface area (Å²) in [4.78, 5) is 10.4. The number of aliphatic hydroxyl groups is 1. The Morgan fingerprint density at radius 2 is 2.28 bits per heavy atom. The summed E-state index contributed by atoms with van der Waals surface area (Å²) in [5.74, 6) is -1.10. The minimum Gasteiger partial charge on any atom is -0.480 e. The Labute approximate surface area is 103 Å². The van der Waals surface area contributed by atoms with E-state index in [0.29, 0.717) is 6.42 Å². The van der Waals surface area contributed by atoms with E-state index in [-0.39, 0.29) is 18.0 Å². The molecule has 0 amide bonds. The average Bonchev–Trinajstić information content (AvgIpc) is 2.86. The van der Waals surface area contributed by atoms with Gasteiger partial charge in [-0.3, -0.25) is 9.48 Å². The smallest absolute Gasteiger partial charge is 0.325 e. The van der Waals surface area contributed by atoms with Crippen molar-refractivity contribution in [1.82, 2.24) is 14.1 Å². The minimum atomic E-state index is -3.69. The van der Waals surface area contributed by atoms with Gasteiger partial charge in [0.25, 0.3) is 0 Å². The number of carboxylic acids is 1. The summed E-state index contributed by atoms with van der Waals surface area (Å²) >= 11 is 0. The number of carboxylic acid groups (broad SMARTS) is 1. The number of aliphatic carboxylic acids is 1. The third-order valence-corrected chi connectivity index (χ3v) is 4.49. The van der Waals surface area contributed by atoms with E-state index in [2.05, 4.69) is 5.10 Å². The van der Waals surface area contributed by atoms with Gasteiger partial charge in [-0.25, -0.2) is 8.42 Å². The molecule has 18 heavy (non-hydrogen) atoms. The molecule has 0 unspecified atom stereocenters. The number of rotatable bonds is 4.